The van der Waals surface area contributed by atoms with Crippen LogP contribution in [0, 0.1) is 17.0 Å². The van der Waals surface area contributed by atoms with Crippen molar-refractivity contribution in [3.63, 3.8) is 0 Å². The van der Waals surface area contributed by atoms with Gasteiger partial charge in [-0.2, -0.15) is 0 Å². The fourth-order valence-electron chi connectivity index (χ4n) is 1.85. The van der Waals surface area contributed by atoms with Crippen molar-refractivity contribution in [2.45, 2.75) is 13.3 Å². The smallest absolute Gasteiger partial charge is 0.348 e. The number of anilines is 1. The maximum atomic E-state index is 10.9. The Morgan fingerprint density at radius 1 is 1.35 bits per heavy atom. The average Bonchev–Trinajstić information content (AvgIpc) is 2.40. The molecule has 1 N–H and O–H groups in total. The Balaban J connectivity index is 2.07. The minimum absolute atomic E-state index is 0.142. The van der Waals surface area contributed by atoms with Crippen LogP contribution in [0.1, 0.15) is 11.1 Å². The van der Waals surface area contributed by atoms with Crippen molar-refractivity contribution < 1.29 is 4.92 Å². The van der Waals surface area contributed by atoms with Gasteiger partial charge in [-0.1, -0.05) is 35.9 Å². The second-order valence-electron chi connectivity index (χ2n) is 4.22. The van der Waals surface area contributed by atoms with E-state index in [0.29, 0.717) is 6.54 Å². The zero-order chi connectivity index (χ0) is 14.5. The molecule has 1 heterocycles. The summed E-state index contributed by atoms with van der Waals surface area (Å²) < 4.78 is 0. The van der Waals surface area contributed by atoms with Gasteiger partial charge in [0.25, 0.3) is 0 Å². The average molecular weight is 293 g/mol. The molecule has 20 heavy (non-hydrogen) atoms. The summed E-state index contributed by atoms with van der Waals surface area (Å²) in [6, 6.07) is 7.99. The van der Waals surface area contributed by atoms with E-state index < -0.39 is 4.92 Å². The van der Waals surface area contributed by atoms with Crippen molar-refractivity contribution in [1.29, 1.82) is 0 Å². The normalized spacial score (nSPS) is 10.3. The Labute approximate surface area is 121 Å². The van der Waals surface area contributed by atoms with Gasteiger partial charge in [0.05, 0.1) is 4.92 Å². The summed E-state index contributed by atoms with van der Waals surface area (Å²) in [4.78, 5) is 17.8. The van der Waals surface area contributed by atoms with Gasteiger partial charge in [-0.05, 0) is 24.5 Å². The molecular formula is C13H13ClN4O2. The summed E-state index contributed by atoms with van der Waals surface area (Å²) in [6.07, 6.45) is 1.94. The minimum Gasteiger partial charge on any atom is -0.364 e. The van der Waals surface area contributed by atoms with Crippen LogP contribution in [-0.4, -0.2) is 21.4 Å². The molecule has 0 unspecified atom stereocenters. The van der Waals surface area contributed by atoms with E-state index in [-0.39, 0.29) is 16.7 Å². The number of nitrogens with one attached hydrogen (secondary N) is 1. The molecule has 7 heteroatoms. The first-order chi connectivity index (χ1) is 9.59. The first-order valence-electron chi connectivity index (χ1n) is 6.03. The number of aryl methyl sites for hydroxylation is 1. The molecule has 0 aliphatic carbocycles. The lowest BCUT2D eigenvalue weighted by molar-refractivity contribution is -0.384. The summed E-state index contributed by atoms with van der Waals surface area (Å²) in [5.41, 5.74) is 2.08. The maximum absolute atomic E-state index is 10.9. The molecule has 0 saturated carbocycles. The Morgan fingerprint density at radius 2 is 2.10 bits per heavy atom. The van der Waals surface area contributed by atoms with E-state index in [9.17, 15) is 10.1 Å². The third kappa shape index (κ3) is 3.21. The molecule has 0 atom stereocenters. The number of nitro groups is 1. The summed E-state index contributed by atoms with van der Waals surface area (Å²) >= 11 is 5.71. The van der Waals surface area contributed by atoms with Crippen LogP contribution in [-0.2, 0) is 6.42 Å². The van der Waals surface area contributed by atoms with Gasteiger partial charge in [-0.25, -0.2) is 9.97 Å². The topological polar surface area (TPSA) is 81.0 Å². The van der Waals surface area contributed by atoms with Gasteiger partial charge in [-0.15, -0.1) is 0 Å². The van der Waals surface area contributed by atoms with Crippen molar-refractivity contribution in [2.24, 2.45) is 0 Å². The van der Waals surface area contributed by atoms with Crippen LogP contribution in [0.2, 0.25) is 5.15 Å². The number of hydrogen-bond donors (Lipinski definition) is 1. The molecule has 1 aromatic heterocycles. The SMILES string of the molecule is Cc1ccccc1CCNc1ncnc(Cl)c1[N+](=O)[O-]. The van der Waals surface area contributed by atoms with Gasteiger partial charge < -0.3 is 5.32 Å². The van der Waals surface area contributed by atoms with E-state index in [1.54, 1.807) is 0 Å². The second kappa shape index (κ2) is 6.29. The van der Waals surface area contributed by atoms with Crippen molar-refractivity contribution in [1.82, 2.24) is 9.97 Å². The number of benzene rings is 1. The summed E-state index contributed by atoms with van der Waals surface area (Å²) in [5.74, 6) is 0.142. The Morgan fingerprint density at radius 3 is 2.80 bits per heavy atom. The molecular weight excluding hydrogens is 280 g/mol. The zero-order valence-electron chi connectivity index (χ0n) is 10.8. The third-order valence-electron chi connectivity index (χ3n) is 2.91. The number of hydrogen-bond acceptors (Lipinski definition) is 5. The fraction of sp³-hybridized carbons (Fsp3) is 0.231. The van der Waals surface area contributed by atoms with E-state index in [1.165, 1.54) is 17.5 Å². The van der Waals surface area contributed by atoms with Crippen molar-refractivity contribution >= 4 is 23.1 Å². The van der Waals surface area contributed by atoms with E-state index in [4.69, 9.17) is 11.6 Å². The highest BCUT2D eigenvalue weighted by Crippen LogP contribution is 2.28. The first kappa shape index (κ1) is 14.2. The predicted octanol–water partition coefficient (Wildman–Crippen LogP) is 3.00. The Kier molecular flexibility index (Phi) is 4.47. The molecule has 2 rings (SSSR count). The van der Waals surface area contributed by atoms with Crippen LogP contribution >= 0.6 is 11.6 Å². The van der Waals surface area contributed by atoms with Gasteiger partial charge >= 0.3 is 5.69 Å². The predicted molar refractivity (Wildman–Crippen MR) is 77.1 cm³/mol. The molecule has 0 aliphatic rings. The number of nitrogens with zero attached hydrogens (tertiary/aromatic N) is 3. The van der Waals surface area contributed by atoms with E-state index in [1.807, 2.05) is 31.2 Å². The van der Waals surface area contributed by atoms with E-state index in [0.717, 1.165) is 6.42 Å². The van der Waals surface area contributed by atoms with Crippen LogP contribution in [0.4, 0.5) is 11.5 Å². The summed E-state index contributed by atoms with van der Waals surface area (Å²) in [5, 5.41) is 13.7. The van der Waals surface area contributed by atoms with Crippen LogP contribution in [0.25, 0.3) is 0 Å². The van der Waals surface area contributed by atoms with Gasteiger partial charge in [-0.3, -0.25) is 10.1 Å². The molecule has 0 fully saturated rings. The monoisotopic (exact) mass is 292 g/mol. The summed E-state index contributed by atoms with van der Waals surface area (Å²) in [6.45, 7) is 2.55. The van der Waals surface area contributed by atoms with E-state index >= 15 is 0 Å². The number of halogens is 1. The first-order valence-corrected chi connectivity index (χ1v) is 6.40. The second-order valence-corrected chi connectivity index (χ2v) is 4.58. The highest BCUT2D eigenvalue weighted by atomic mass is 35.5. The molecule has 2 aromatic rings. The lowest BCUT2D eigenvalue weighted by atomic mass is 10.1. The maximum Gasteiger partial charge on any atom is 0.348 e. The van der Waals surface area contributed by atoms with Gasteiger partial charge in [0.15, 0.2) is 0 Å². The molecule has 0 aliphatic heterocycles. The number of aromatic nitrogens is 2. The van der Waals surface area contributed by atoms with Crippen molar-refractivity contribution in [3.05, 3.63) is 57.0 Å². The lowest BCUT2D eigenvalue weighted by Gasteiger charge is -2.08. The molecule has 1 aromatic carbocycles. The minimum atomic E-state index is -0.585. The Bertz CT molecular complexity index is 634. The molecule has 0 amide bonds. The molecule has 0 saturated heterocycles. The fourth-order valence-corrected chi connectivity index (χ4v) is 2.06. The zero-order valence-corrected chi connectivity index (χ0v) is 11.6. The molecule has 0 spiro atoms. The van der Waals surface area contributed by atoms with Crippen LogP contribution in [0.5, 0.6) is 0 Å². The summed E-state index contributed by atoms with van der Waals surface area (Å²) in [7, 11) is 0. The van der Waals surface area contributed by atoms with Crippen LogP contribution in [0.3, 0.4) is 0 Å². The standard InChI is InChI=1S/C13H13ClN4O2/c1-9-4-2-3-5-10(9)6-7-15-13-11(18(19)20)12(14)16-8-17-13/h2-5,8H,6-7H2,1H3,(H,15,16,17). The molecule has 0 radical (unpaired) electrons. The largest absolute Gasteiger partial charge is 0.364 e. The highest BCUT2D eigenvalue weighted by molar-refractivity contribution is 6.31. The third-order valence-corrected chi connectivity index (χ3v) is 3.18. The van der Waals surface area contributed by atoms with Gasteiger partial charge in [0.1, 0.15) is 6.33 Å². The van der Waals surface area contributed by atoms with Crippen LogP contribution in [0.15, 0.2) is 30.6 Å². The van der Waals surface area contributed by atoms with Crippen molar-refractivity contribution in [3.8, 4) is 0 Å². The van der Waals surface area contributed by atoms with Gasteiger partial charge in [0.2, 0.25) is 11.0 Å². The van der Waals surface area contributed by atoms with E-state index in [2.05, 4.69) is 15.3 Å². The van der Waals surface area contributed by atoms with Gasteiger partial charge in [0, 0.05) is 6.54 Å². The quantitative estimate of drug-likeness (QED) is 0.520. The number of rotatable bonds is 5. The molecule has 6 nitrogen and oxygen atoms in total. The molecule has 104 valence electrons. The van der Waals surface area contributed by atoms with Crippen LogP contribution < -0.4 is 5.32 Å². The lowest BCUT2D eigenvalue weighted by Crippen LogP contribution is -2.09. The highest BCUT2D eigenvalue weighted by Gasteiger charge is 2.20. The molecule has 0 bridgehead atoms. The van der Waals surface area contributed by atoms with Crippen molar-refractivity contribution in [2.75, 3.05) is 11.9 Å². The Hall–Kier alpha value is -2.21.